The van der Waals surface area contributed by atoms with Crippen LogP contribution in [0.5, 0.6) is 0 Å². The number of carbonyl (C=O) groups is 1. The number of amides is 1. The van der Waals surface area contributed by atoms with Gasteiger partial charge in [0, 0.05) is 12.1 Å². The van der Waals surface area contributed by atoms with Gasteiger partial charge in [0.25, 0.3) is 0 Å². The van der Waals surface area contributed by atoms with Gasteiger partial charge in [-0.05, 0) is 41.2 Å². The Morgan fingerprint density at radius 3 is 2.81 bits per heavy atom. The van der Waals surface area contributed by atoms with Crippen LogP contribution in [0.2, 0.25) is 0 Å². The van der Waals surface area contributed by atoms with Crippen molar-refractivity contribution in [3.05, 3.63) is 64.7 Å². The molecule has 2 aromatic carbocycles. The zero-order chi connectivity index (χ0) is 14.8. The number of benzene rings is 2. The Bertz CT molecular complexity index is 679. The van der Waals surface area contributed by atoms with Gasteiger partial charge < -0.3 is 10.4 Å². The van der Waals surface area contributed by atoms with Crippen molar-refractivity contribution in [3.63, 3.8) is 0 Å². The lowest BCUT2D eigenvalue weighted by atomic mass is 9.92. The molecular formula is C18H19NO2. The Hall–Kier alpha value is -2.13. The van der Waals surface area contributed by atoms with E-state index >= 15 is 0 Å². The number of aliphatic hydroxyl groups excluding tert-OH is 1. The molecule has 0 bridgehead atoms. The monoisotopic (exact) mass is 281 g/mol. The summed E-state index contributed by atoms with van der Waals surface area (Å²) in [5.41, 5.74) is 4.97. The van der Waals surface area contributed by atoms with Crippen LogP contribution in [-0.2, 0) is 17.6 Å². The van der Waals surface area contributed by atoms with Gasteiger partial charge in [0.15, 0.2) is 0 Å². The van der Waals surface area contributed by atoms with Crippen LogP contribution in [0, 0.1) is 0 Å². The normalized spacial score (nSPS) is 15.2. The van der Waals surface area contributed by atoms with Gasteiger partial charge in [-0.1, -0.05) is 43.3 Å². The van der Waals surface area contributed by atoms with E-state index in [9.17, 15) is 9.90 Å². The summed E-state index contributed by atoms with van der Waals surface area (Å²) in [5, 5.41) is 13.5. The topological polar surface area (TPSA) is 49.3 Å². The number of aryl methyl sites for hydroxylation is 2. The van der Waals surface area contributed by atoms with Crippen molar-refractivity contribution in [1.29, 1.82) is 0 Å². The predicted molar refractivity (Wildman–Crippen MR) is 83.3 cm³/mol. The van der Waals surface area contributed by atoms with E-state index in [0.717, 1.165) is 40.8 Å². The first-order chi connectivity index (χ1) is 10.2. The summed E-state index contributed by atoms with van der Waals surface area (Å²) in [6, 6.07) is 13.8. The maximum absolute atomic E-state index is 11.4. The van der Waals surface area contributed by atoms with Crippen LogP contribution >= 0.6 is 0 Å². The third-order valence-corrected chi connectivity index (χ3v) is 4.07. The van der Waals surface area contributed by atoms with E-state index < -0.39 is 6.10 Å². The minimum absolute atomic E-state index is 0.0622. The van der Waals surface area contributed by atoms with E-state index in [1.165, 1.54) is 0 Å². The molecule has 1 unspecified atom stereocenters. The van der Waals surface area contributed by atoms with Crippen molar-refractivity contribution in [2.75, 3.05) is 5.32 Å². The second-order valence-electron chi connectivity index (χ2n) is 5.42. The molecule has 108 valence electrons. The van der Waals surface area contributed by atoms with Crippen molar-refractivity contribution in [2.24, 2.45) is 0 Å². The first kappa shape index (κ1) is 13.8. The molecule has 3 heteroatoms. The number of hydrogen-bond donors (Lipinski definition) is 2. The van der Waals surface area contributed by atoms with Crippen LogP contribution in [0.1, 0.15) is 41.7 Å². The SMILES string of the molecule is CCc1ccccc1C(O)c1ccc2c(c1)CCC(=O)N2. The number of hydrogen-bond acceptors (Lipinski definition) is 2. The van der Waals surface area contributed by atoms with Crippen LogP contribution in [0.15, 0.2) is 42.5 Å². The first-order valence-electron chi connectivity index (χ1n) is 7.37. The maximum Gasteiger partial charge on any atom is 0.224 e. The predicted octanol–water partition coefficient (Wildman–Crippen LogP) is 3.22. The van der Waals surface area contributed by atoms with E-state index in [1.807, 2.05) is 36.4 Å². The standard InChI is InChI=1S/C18H19NO2/c1-2-12-5-3-4-6-15(12)18(21)14-7-9-16-13(11-14)8-10-17(20)19-16/h3-7,9,11,18,21H,2,8,10H2,1H3,(H,19,20). The Balaban J connectivity index is 1.95. The summed E-state index contributed by atoms with van der Waals surface area (Å²) in [7, 11) is 0. The number of rotatable bonds is 3. The summed E-state index contributed by atoms with van der Waals surface area (Å²) >= 11 is 0. The lowest BCUT2D eigenvalue weighted by molar-refractivity contribution is -0.116. The number of anilines is 1. The lowest BCUT2D eigenvalue weighted by Crippen LogP contribution is -2.19. The Morgan fingerprint density at radius 1 is 1.19 bits per heavy atom. The maximum atomic E-state index is 11.4. The van der Waals surface area contributed by atoms with E-state index in [-0.39, 0.29) is 5.91 Å². The highest BCUT2D eigenvalue weighted by Crippen LogP contribution is 2.30. The van der Waals surface area contributed by atoms with E-state index in [1.54, 1.807) is 0 Å². The lowest BCUT2D eigenvalue weighted by Gasteiger charge is -2.20. The highest BCUT2D eigenvalue weighted by molar-refractivity contribution is 5.93. The molecule has 21 heavy (non-hydrogen) atoms. The molecule has 1 aliphatic rings. The molecule has 0 aromatic heterocycles. The van der Waals surface area contributed by atoms with Gasteiger partial charge in [0.1, 0.15) is 6.10 Å². The molecule has 1 heterocycles. The fraction of sp³-hybridized carbons (Fsp3) is 0.278. The molecule has 0 saturated heterocycles. The molecule has 2 N–H and O–H groups in total. The number of fused-ring (bicyclic) bond motifs is 1. The van der Waals surface area contributed by atoms with Gasteiger partial charge in [0.2, 0.25) is 5.91 Å². The average molecular weight is 281 g/mol. The van der Waals surface area contributed by atoms with Gasteiger partial charge in [-0.3, -0.25) is 4.79 Å². The summed E-state index contributed by atoms with van der Waals surface area (Å²) in [6.07, 6.45) is 1.52. The van der Waals surface area contributed by atoms with Crippen LogP contribution in [0.3, 0.4) is 0 Å². The minimum atomic E-state index is -0.621. The Kier molecular flexibility index (Phi) is 3.76. The quantitative estimate of drug-likeness (QED) is 0.907. The highest BCUT2D eigenvalue weighted by Gasteiger charge is 2.18. The minimum Gasteiger partial charge on any atom is -0.384 e. The summed E-state index contributed by atoms with van der Waals surface area (Å²) in [6.45, 7) is 2.09. The van der Waals surface area contributed by atoms with Crippen molar-refractivity contribution in [3.8, 4) is 0 Å². The van der Waals surface area contributed by atoms with Crippen LogP contribution < -0.4 is 5.32 Å². The number of aliphatic hydroxyl groups is 1. The zero-order valence-electron chi connectivity index (χ0n) is 12.1. The van der Waals surface area contributed by atoms with Crippen LogP contribution in [0.25, 0.3) is 0 Å². The molecule has 3 nitrogen and oxygen atoms in total. The van der Waals surface area contributed by atoms with Gasteiger partial charge >= 0.3 is 0 Å². The molecule has 3 rings (SSSR count). The summed E-state index contributed by atoms with van der Waals surface area (Å²) in [5.74, 6) is 0.0622. The van der Waals surface area contributed by atoms with Crippen molar-refractivity contribution in [1.82, 2.24) is 0 Å². The molecule has 0 aliphatic carbocycles. The zero-order valence-corrected chi connectivity index (χ0v) is 12.1. The highest BCUT2D eigenvalue weighted by atomic mass is 16.3. The molecule has 0 fully saturated rings. The van der Waals surface area contributed by atoms with Crippen molar-refractivity contribution >= 4 is 11.6 Å². The molecule has 0 spiro atoms. The summed E-state index contributed by atoms with van der Waals surface area (Å²) < 4.78 is 0. The van der Waals surface area contributed by atoms with Crippen molar-refractivity contribution in [2.45, 2.75) is 32.3 Å². The van der Waals surface area contributed by atoms with E-state index in [4.69, 9.17) is 0 Å². The molecule has 0 radical (unpaired) electrons. The average Bonchev–Trinajstić information content (AvgIpc) is 2.53. The Labute approximate surface area is 124 Å². The second kappa shape index (κ2) is 5.70. The molecule has 2 aromatic rings. The van der Waals surface area contributed by atoms with E-state index in [0.29, 0.717) is 6.42 Å². The first-order valence-corrected chi connectivity index (χ1v) is 7.37. The van der Waals surface area contributed by atoms with Gasteiger partial charge in [-0.2, -0.15) is 0 Å². The third kappa shape index (κ3) is 2.69. The van der Waals surface area contributed by atoms with Crippen molar-refractivity contribution < 1.29 is 9.90 Å². The number of nitrogens with one attached hydrogen (secondary N) is 1. The molecular weight excluding hydrogens is 262 g/mol. The molecule has 1 amide bonds. The fourth-order valence-electron chi connectivity index (χ4n) is 2.88. The van der Waals surface area contributed by atoms with Crippen LogP contribution in [-0.4, -0.2) is 11.0 Å². The number of carbonyl (C=O) groups excluding carboxylic acids is 1. The van der Waals surface area contributed by atoms with Crippen LogP contribution in [0.4, 0.5) is 5.69 Å². The summed E-state index contributed by atoms with van der Waals surface area (Å²) in [4.78, 5) is 11.4. The largest absolute Gasteiger partial charge is 0.384 e. The van der Waals surface area contributed by atoms with Gasteiger partial charge in [-0.15, -0.1) is 0 Å². The molecule has 1 atom stereocenters. The Morgan fingerprint density at radius 2 is 2.00 bits per heavy atom. The fourth-order valence-corrected chi connectivity index (χ4v) is 2.88. The van der Waals surface area contributed by atoms with Gasteiger partial charge in [-0.25, -0.2) is 0 Å². The third-order valence-electron chi connectivity index (χ3n) is 4.07. The van der Waals surface area contributed by atoms with E-state index in [2.05, 4.69) is 18.3 Å². The smallest absolute Gasteiger partial charge is 0.224 e. The molecule has 0 saturated carbocycles. The second-order valence-corrected chi connectivity index (χ2v) is 5.42. The molecule has 1 aliphatic heterocycles. The van der Waals surface area contributed by atoms with Gasteiger partial charge in [0.05, 0.1) is 0 Å².